The molecule has 5 aromatic carbocycles. The van der Waals surface area contributed by atoms with Crippen molar-refractivity contribution >= 4 is 41.2 Å². The molecular weight excluding hydrogens is 1130 g/mol. The van der Waals surface area contributed by atoms with Gasteiger partial charge in [0.25, 0.3) is 0 Å². The highest BCUT2D eigenvalue weighted by atomic mass is 32.2. The molecule has 0 fully saturated rings. The van der Waals surface area contributed by atoms with Crippen molar-refractivity contribution in [2.75, 3.05) is 0 Å². The Labute approximate surface area is 392 Å². The summed E-state index contributed by atoms with van der Waals surface area (Å²) in [5.41, 5.74) is -7.53. The summed E-state index contributed by atoms with van der Waals surface area (Å²) in [6, 6.07) is 17.4. The molecule has 0 saturated heterocycles. The first-order chi connectivity index (χ1) is 32.2. The second-order valence-electron chi connectivity index (χ2n) is 13.7. The molecule has 5 rings (SSSR count). The highest BCUT2D eigenvalue weighted by Crippen LogP contribution is 2.54. The van der Waals surface area contributed by atoms with Crippen LogP contribution in [-0.2, 0) is 66.0 Å². The van der Waals surface area contributed by atoms with Gasteiger partial charge in [-0.1, -0.05) is 18.2 Å². The maximum absolute atomic E-state index is 13.3. The SMILES string of the molecule is O=S(=O)(Oc1ccc([S+](c2ccccc2)c2ccc(OS(=O)(=O)c3cc(C(F)(F)F)cc(C(F)(F)F)c3)cc2)cc1)c1cc(C(F)(F)F)cc(C(F)(F)F)c1.O=S(=O)([O-])C(F)(F)C(F)(F)C(F)(F)C(F)(F)F. The van der Waals surface area contributed by atoms with E-state index in [2.05, 4.69) is 0 Å². The first-order valence-electron chi connectivity index (χ1n) is 17.9. The second kappa shape index (κ2) is 19.7. The van der Waals surface area contributed by atoms with E-state index in [0.29, 0.717) is 14.7 Å². The van der Waals surface area contributed by atoms with Crippen LogP contribution in [0.3, 0.4) is 0 Å². The van der Waals surface area contributed by atoms with Crippen molar-refractivity contribution in [1.29, 1.82) is 0 Å². The molecule has 0 aromatic heterocycles. The minimum atomic E-state index is -7.43. The molecule has 0 atom stereocenters. The van der Waals surface area contributed by atoms with Crippen LogP contribution in [-0.4, -0.2) is 53.1 Å². The fourth-order valence-corrected chi connectivity index (χ4v) is 9.75. The molecule has 0 amide bonds. The van der Waals surface area contributed by atoms with Gasteiger partial charge in [0.05, 0.1) is 33.1 Å². The summed E-state index contributed by atoms with van der Waals surface area (Å²) in [5.74, 6) is -15.8. The molecule has 34 heteroatoms. The van der Waals surface area contributed by atoms with E-state index in [0.717, 1.165) is 24.3 Å². The summed E-state index contributed by atoms with van der Waals surface area (Å²) in [7, 11) is -19.0. The van der Waals surface area contributed by atoms with E-state index in [1.807, 2.05) is 0 Å². The summed E-state index contributed by atoms with van der Waals surface area (Å²) in [5, 5.41) is -7.11. The van der Waals surface area contributed by atoms with Gasteiger partial charge in [-0.25, -0.2) is 8.42 Å². The normalized spacial score (nSPS) is 13.9. The van der Waals surface area contributed by atoms with Crippen LogP contribution in [0.1, 0.15) is 22.3 Å². The third-order valence-corrected chi connectivity index (χ3v) is 14.2. The van der Waals surface area contributed by atoms with Crippen LogP contribution < -0.4 is 8.37 Å². The van der Waals surface area contributed by atoms with Gasteiger partial charge in [-0.15, -0.1) is 0 Å². The lowest BCUT2D eigenvalue weighted by Crippen LogP contribution is -2.63. The van der Waals surface area contributed by atoms with Crippen LogP contribution in [0, 0.1) is 0 Å². The predicted molar refractivity (Wildman–Crippen MR) is 201 cm³/mol. The molecule has 0 unspecified atom stereocenters. The number of benzene rings is 5. The molecule has 0 N–H and O–H groups in total. The van der Waals surface area contributed by atoms with Crippen molar-refractivity contribution in [1.82, 2.24) is 0 Å². The maximum Gasteiger partial charge on any atom is 0.460 e. The van der Waals surface area contributed by atoms with Crippen LogP contribution in [0.5, 0.6) is 11.5 Å². The second-order valence-corrected chi connectivity index (χ2v) is 20.3. The Morgan fingerprint density at radius 3 is 0.903 bits per heavy atom. The van der Waals surface area contributed by atoms with Crippen molar-refractivity contribution in [3.8, 4) is 11.5 Å². The van der Waals surface area contributed by atoms with Crippen molar-refractivity contribution in [2.45, 2.75) is 72.5 Å². The quantitative estimate of drug-likeness (QED) is 0.0516. The Bertz CT molecular complexity index is 2870. The van der Waals surface area contributed by atoms with Gasteiger partial charge in [0.15, 0.2) is 24.8 Å². The molecule has 0 saturated carbocycles. The average Bonchev–Trinajstić information content (AvgIpc) is 3.23. The van der Waals surface area contributed by atoms with Crippen molar-refractivity contribution < 1.29 is 130 Å². The molecule has 9 nitrogen and oxygen atoms in total. The number of halogens is 21. The molecule has 0 bridgehead atoms. The Hall–Kier alpha value is -5.61. The predicted octanol–water partition coefficient (Wildman–Crippen LogP) is 12.3. The molecular formula is C38H19F21O9S4. The molecule has 0 aliphatic carbocycles. The van der Waals surface area contributed by atoms with E-state index in [9.17, 15) is 122 Å². The van der Waals surface area contributed by atoms with E-state index in [1.54, 1.807) is 30.3 Å². The van der Waals surface area contributed by atoms with Gasteiger partial charge >= 0.3 is 68.2 Å². The summed E-state index contributed by atoms with van der Waals surface area (Å²) in [6.07, 6.45) is -28.5. The Balaban J connectivity index is 0.000000564. The lowest BCUT2D eigenvalue weighted by Gasteiger charge is -2.34. The topological polar surface area (TPSA) is 144 Å². The van der Waals surface area contributed by atoms with Crippen LogP contribution in [0.4, 0.5) is 92.2 Å². The van der Waals surface area contributed by atoms with Gasteiger partial charge in [-0.3, -0.25) is 0 Å². The summed E-state index contributed by atoms with van der Waals surface area (Å²) < 4.78 is 356. The Morgan fingerprint density at radius 1 is 0.375 bits per heavy atom. The van der Waals surface area contributed by atoms with Gasteiger partial charge in [-0.2, -0.15) is 109 Å². The lowest BCUT2D eigenvalue weighted by molar-refractivity contribution is -0.382. The van der Waals surface area contributed by atoms with Crippen LogP contribution >= 0.6 is 0 Å². The van der Waals surface area contributed by atoms with Crippen LogP contribution in [0.25, 0.3) is 0 Å². The highest BCUT2D eigenvalue weighted by molar-refractivity contribution is 7.97. The van der Waals surface area contributed by atoms with Gasteiger partial charge in [-0.05, 0) is 97.1 Å². The van der Waals surface area contributed by atoms with E-state index in [-0.39, 0.29) is 36.4 Å². The maximum atomic E-state index is 13.3. The van der Waals surface area contributed by atoms with Gasteiger partial charge in [0, 0.05) is 0 Å². The zero-order valence-corrected chi connectivity index (χ0v) is 37.0. The first-order valence-corrected chi connectivity index (χ1v) is 23.3. The smallest absolute Gasteiger partial charge is 0.460 e. The average molecular weight is 1150 g/mol. The zero-order valence-electron chi connectivity index (χ0n) is 33.7. The third-order valence-electron chi connectivity index (χ3n) is 8.64. The minimum Gasteiger partial charge on any atom is -0.743 e. The highest BCUT2D eigenvalue weighted by Gasteiger charge is 2.83. The van der Waals surface area contributed by atoms with E-state index >= 15 is 0 Å². The first kappa shape index (κ1) is 59.0. The van der Waals surface area contributed by atoms with Crippen molar-refractivity contribution in [3.05, 3.63) is 138 Å². The molecule has 396 valence electrons. The standard InChI is InChI=1S/C34H19F12O6S3.C4HF9O3S/c35-31(36,37)20-14-21(32(38,39)40)17-29(16-20)54(47,48)51-24-6-10-27(11-7-24)53(26-4-2-1-3-5-26)28-12-8-25(9-13-28)52-55(49,50)30-18-22(33(41,42)43)15-23(19-30)34(44,45)46;5-1(6,3(9,10)11)2(7,8)4(12,13)17(14,15)16/h1-19H;(H,14,15,16)/q+1;/p-1. The largest absolute Gasteiger partial charge is 0.743 e. The molecule has 72 heavy (non-hydrogen) atoms. The number of hydrogen-bond acceptors (Lipinski definition) is 9. The number of alkyl halides is 21. The van der Waals surface area contributed by atoms with Gasteiger partial charge in [0.2, 0.25) is 0 Å². The fourth-order valence-electron chi connectivity index (χ4n) is 5.24. The summed E-state index contributed by atoms with van der Waals surface area (Å²) in [4.78, 5) is -1.39. The zero-order chi connectivity index (χ0) is 55.3. The minimum absolute atomic E-state index is 0.0101. The Kier molecular flexibility index (Phi) is 16.1. The molecule has 0 aliphatic rings. The van der Waals surface area contributed by atoms with Gasteiger partial charge < -0.3 is 12.9 Å². The van der Waals surface area contributed by atoms with Gasteiger partial charge in [0.1, 0.15) is 21.3 Å². The van der Waals surface area contributed by atoms with Crippen molar-refractivity contribution in [3.63, 3.8) is 0 Å². The molecule has 5 aromatic rings. The molecule has 0 spiro atoms. The number of rotatable bonds is 12. The molecule has 0 heterocycles. The van der Waals surface area contributed by atoms with Crippen molar-refractivity contribution in [2.24, 2.45) is 0 Å². The van der Waals surface area contributed by atoms with Crippen LogP contribution in [0.2, 0.25) is 0 Å². The van der Waals surface area contributed by atoms with E-state index in [1.165, 1.54) is 24.3 Å². The number of hydrogen-bond donors (Lipinski definition) is 0. The summed E-state index contributed by atoms with van der Waals surface area (Å²) in [6.45, 7) is 0. The fraction of sp³-hybridized carbons (Fsp3) is 0.211. The Morgan fingerprint density at radius 2 is 0.653 bits per heavy atom. The van der Waals surface area contributed by atoms with E-state index in [4.69, 9.17) is 8.37 Å². The summed E-state index contributed by atoms with van der Waals surface area (Å²) >= 11 is 0. The molecule has 0 aliphatic heterocycles. The van der Waals surface area contributed by atoms with E-state index < -0.39 is 133 Å². The lowest BCUT2D eigenvalue weighted by atomic mass is 10.1. The third kappa shape index (κ3) is 13.1. The van der Waals surface area contributed by atoms with Crippen LogP contribution in [0.15, 0.2) is 140 Å². The molecule has 0 radical (unpaired) electrons. The monoisotopic (exact) mass is 1150 g/mol.